The molecule has 0 atom stereocenters. The van der Waals surface area contributed by atoms with Gasteiger partial charge in [-0.05, 0) is 44.0 Å². The Morgan fingerprint density at radius 1 is 0.970 bits per heavy atom. The Kier molecular flexibility index (Phi) is 7.13. The average molecular weight is 468 g/mol. The van der Waals surface area contributed by atoms with E-state index in [0.29, 0.717) is 6.42 Å². The van der Waals surface area contributed by atoms with Gasteiger partial charge in [-0.15, -0.1) is 0 Å². The zero-order valence-electron chi connectivity index (χ0n) is 18.3. The van der Waals surface area contributed by atoms with Gasteiger partial charge in [0.25, 0.3) is 15.7 Å². The molecule has 0 aliphatic rings. The van der Waals surface area contributed by atoms with Crippen molar-refractivity contribution in [3.63, 3.8) is 0 Å². The minimum absolute atomic E-state index is 0.0205. The maximum absolute atomic E-state index is 13.4. The van der Waals surface area contributed by atoms with E-state index in [1.165, 1.54) is 30.3 Å². The number of nitro benzene ring substituents is 1. The van der Waals surface area contributed by atoms with Crippen LogP contribution < -0.4 is 9.62 Å². The molecule has 0 heterocycles. The number of amides is 1. The molecule has 9 heteroatoms. The summed E-state index contributed by atoms with van der Waals surface area (Å²) in [5.74, 6) is -0.526. The number of nitrogens with zero attached hydrogens (tertiary/aromatic N) is 2. The normalized spacial score (nSPS) is 11.6. The summed E-state index contributed by atoms with van der Waals surface area (Å²) in [5, 5.41) is 14.1. The second-order valence-electron chi connectivity index (χ2n) is 8.20. The molecule has 3 rings (SSSR count). The summed E-state index contributed by atoms with van der Waals surface area (Å²) in [7, 11) is -4.16. The monoisotopic (exact) mass is 467 g/mol. The average Bonchev–Trinajstić information content (AvgIpc) is 2.78. The van der Waals surface area contributed by atoms with Crippen molar-refractivity contribution in [3.05, 3.63) is 101 Å². The number of non-ortho nitro benzene ring substituents is 1. The zero-order chi connectivity index (χ0) is 24.1. The predicted molar refractivity (Wildman–Crippen MR) is 126 cm³/mol. The third-order valence-corrected chi connectivity index (χ3v) is 6.70. The quantitative estimate of drug-likeness (QED) is 0.379. The van der Waals surface area contributed by atoms with Gasteiger partial charge in [0.1, 0.15) is 6.54 Å². The van der Waals surface area contributed by atoms with Crippen molar-refractivity contribution in [2.45, 2.75) is 30.7 Å². The molecule has 0 spiro atoms. The molecule has 0 saturated heterocycles. The number of anilines is 1. The van der Waals surface area contributed by atoms with Crippen molar-refractivity contribution < 1.29 is 18.1 Å². The molecule has 0 unspecified atom stereocenters. The molecular formula is C24H25N3O5S. The first-order valence-electron chi connectivity index (χ1n) is 10.3. The van der Waals surface area contributed by atoms with E-state index in [-0.39, 0.29) is 16.3 Å². The number of carbonyl (C=O) groups excluding carboxylic acids is 1. The molecule has 0 aliphatic heterocycles. The first-order valence-corrected chi connectivity index (χ1v) is 11.7. The molecule has 0 saturated carbocycles. The highest BCUT2D eigenvalue weighted by Crippen LogP contribution is 2.27. The van der Waals surface area contributed by atoms with Gasteiger partial charge in [-0.2, -0.15) is 0 Å². The van der Waals surface area contributed by atoms with E-state index >= 15 is 0 Å². The topological polar surface area (TPSA) is 110 Å². The lowest BCUT2D eigenvalue weighted by Crippen LogP contribution is -2.50. The fourth-order valence-corrected chi connectivity index (χ4v) is 4.93. The molecule has 1 N–H and O–H groups in total. The predicted octanol–water partition coefficient (Wildman–Crippen LogP) is 3.93. The van der Waals surface area contributed by atoms with Crippen molar-refractivity contribution >= 4 is 27.3 Å². The maximum Gasteiger partial charge on any atom is 0.271 e. The highest BCUT2D eigenvalue weighted by Gasteiger charge is 2.30. The summed E-state index contributed by atoms with van der Waals surface area (Å²) in [6, 6.07) is 22.5. The molecule has 1 amide bonds. The van der Waals surface area contributed by atoms with Gasteiger partial charge >= 0.3 is 0 Å². The van der Waals surface area contributed by atoms with Gasteiger partial charge in [-0.1, -0.05) is 54.6 Å². The third kappa shape index (κ3) is 6.17. The van der Waals surface area contributed by atoms with E-state index in [4.69, 9.17) is 0 Å². The Labute approximate surface area is 193 Å². The standard InChI is InChI=1S/C24H25N3O5S/c1-24(2,17-19-10-5-3-6-11-19)25-23(28)18-26(20-12-9-13-21(16-20)27(29)30)33(31,32)22-14-7-4-8-15-22/h3-16H,17-18H2,1-2H3,(H,25,28). The van der Waals surface area contributed by atoms with Crippen LogP contribution in [-0.4, -0.2) is 31.3 Å². The number of nitrogens with one attached hydrogen (secondary N) is 1. The molecule has 3 aromatic carbocycles. The molecule has 0 aromatic heterocycles. The third-order valence-electron chi connectivity index (χ3n) is 4.91. The largest absolute Gasteiger partial charge is 0.349 e. The van der Waals surface area contributed by atoms with Crippen LogP contribution in [0.1, 0.15) is 19.4 Å². The van der Waals surface area contributed by atoms with Gasteiger partial charge in [-0.3, -0.25) is 19.2 Å². The summed E-state index contributed by atoms with van der Waals surface area (Å²) in [6.45, 7) is 3.17. The fraction of sp³-hybridized carbons (Fsp3) is 0.208. The van der Waals surface area contributed by atoms with Crippen molar-refractivity contribution in [1.29, 1.82) is 0 Å². The van der Waals surface area contributed by atoms with Gasteiger partial charge in [0.05, 0.1) is 15.5 Å². The first kappa shape index (κ1) is 23.9. The molecule has 8 nitrogen and oxygen atoms in total. The van der Waals surface area contributed by atoms with Gasteiger partial charge < -0.3 is 5.32 Å². The number of hydrogen-bond donors (Lipinski definition) is 1. The molecule has 0 radical (unpaired) electrons. The first-order chi connectivity index (χ1) is 15.6. The van der Waals surface area contributed by atoms with E-state index in [1.54, 1.807) is 18.2 Å². The second kappa shape index (κ2) is 9.83. The molecule has 172 valence electrons. The van der Waals surface area contributed by atoms with Crippen molar-refractivity contribution in [2.24, 2.45) is 0 Å². The van der Waals surface area contributed by atoms with Crippen LogP contribution in [0.2, 0.25) is 0 Å². The van der Waals surface area contributed by atoms with Crippen LogP contribution in [0.3, 0.4) is 0 Å². The Morgan fingerprint density at radius 3 is 2.18 bits per heavy atom. The number of carbonyl (C=O) groups is 1. The molecule has 0 aliphatic carbocycles. The minimum Gasteiger partial charge on any atom is -0.349 e. The molecule has 33 heavy (non-hydrogen) atoms. The summed E-state index contributed by atoms with van der Waals surface area (Å²) in [6.07, 6.45) is 0.543. The highest BCUT2D eigenvalue weighted by atomic mass is 32.2. The van der Waals surface area contributed by atoms with Crippen LogP contribution in [0.25, 0.3) is 0 Å². The molecule has 3 aromatic rings. The number of nitro groups is 1. The number of rotatable bonds is 9. The number of sulfonamides is 1. The zero-order valence-corrected chi connectivity index (χ0v) is 19.2. The van der Waals surface area contributed by atoms with E-state index in [9.17, 15) is 23.3 Å². The lowest BCUT2D eigenvalue weighted by Gasteiger charge is -2.29. The Bertz CT molecular complexity index is 1230. The minimum atomic E-state index is -4.16. The molecule has 0 bridgehead atoms. The summed E-state index contributed by atoms with van der Waals surface area (Å²) >= 11 is 0. The van der Waals surface area contributed by atoms with Crippen LogP contribution >= 0.6 is 0 Å². The van der Waals surface area contributed by atoms with Crippen LogP contribution in [0.15, 0.2) is 89.8 Å². The van der Waals surface area contributed by atoms with Gasteiger partial charge in [0, 0.05) is 17.7 Å². The van der Waals surface area contributed by atoms with E-state index in [2.05, 4.69) is 5.32 Å². The van der Waals surface area contributed by atoms with Crippen molar-refractivity contribution in [2.75, 3.05) is 10.8 Å². The van der Waals surface area contributed by atoms with Crippen molar-refractivity contribution in [3.8, 4) is 0 Å². The lowest BCUT2D eigenvalue weighted by atomic mass is 9.95. The number of hydrogen-bond acceptors (Lipinski definition) is 5. The van der Waals surface area contributed by atoms with E-state index in [1.807, 2.05) is 44.2 Å². The summed E-state index contributed by atoms with van der Waals surface area (Å²) < 4.78 is 27.7. The van der Waals surface area contributed by atoms with Crippen LogP contribution in [0.5, 0.6) is 0 Å². The van der Waals surface area contributed by atoms with Crippen LogP contribution in [0.4, 0.5) is 11.4 Å². The fourth-order valence-electron chi connectivity index (χ4n) is 3.49. The highest BCUT2D eigenvalue weighted by molar-refractivity contribution is 7.92. The molecular weight excluding hydrogens is 442 g/mol. The summed E-state index contributed by atoms with van der Waals surface area (Å²) in [5.41, 5.74) is 0.133. The Morgan fingerprint density at radius 2 is 1.58 bits per heavy atom. The van der Waals surface area contributed by atoms with E-state index < -0.39 is 32.9 Å². The number of benzene rings is 3. The molecule has 0 fully saturated rings. The van der Waals surface area contributed by atoms with Crippen LogP contribution in [-0.2, 0) is 21.2 Å². The summed E-state index contributed by atoms with van der Waals surface area (Å²) in [4.78, 5) is 23.6. The van der Waals surface area contributed by atoms with Crippen LogP contribution in [0, 0.1) is 10.1 Å². The smallest absolute Gasteiger partial charge is 0.271 e. The van der Waals surface area contributed by atoms with Gasteiger partial charge in [-0.25, -0.2) is 8.42 Å². The Balaban J connectivity index is 1.90. The van der Waals surface area contributed by atoms with Crippen molar-refractivity contribution in [1.82, 2.24) is 5.32 Å². The SMILES string of the molecule is CC(C)(Cc1ccccc1)NC(=O)CN(c1cccc([N+](=O)[O-])c1)S(=O)(=O)c1ccccc1. The Hall–Kier alpha value is -3.72. The van der Waals surface area contributed by atoms with Gasteiger partial charge in [0.2, 0.25) is 5.91 Å². The maximum atomic E-state index is 13.4. The second-order valence-corrected chi connectivity index (χ2v) is 10.1. The van der Waals surface area contributed by atoms with E-state index in [0.717, 1.165) is 15.9 Å². The van der Waals surface area contributed by atoms with Gasteiger partial charge in [0.15, 0.2) is 0 Å². The lowest BCUT2D eigenvalue weighted by molar-refractivity contribution is -0.384.